The van der Waals surface area contributed by atoms with Crippen LogP contribution in [0.1, 0.15) is 17.9 Å². The van der Waals surface area contributed by atoms with Crippen molar-refractivity contribution in [2.45, 2.75) is 12.3 Å². The summed E-state index contributed by atoms with van der Waals surface area (Å²) in [5, 5.41) is 0. The SMILES string of the molecule is CN(C)C(=O)CC(CN)c1ccc(N(C)C)cc1. The standard InChI is InChI=1S/C14H23N3O/c1-16(2)13-7-5-11(6-8-13)12(10-15)9-14(18)17(3)4/h5-8,12H,9-10,15H2,1-4H3. The van der Waals surface area contributed by atoms with Crippen LogP contribution in [0, 0.1) is 0 Å². The summed E-state index contributed by atoms with van der Waals surface area (Å²) in [5.74, 6) is 0.207. The molecular weight excluding hydrogens is 226 g/mol. The Labute approximate surface area is 109 Å². The van der Waals surface area contributed by atoms with Crippen LogP contribution < -0.4 is 10.6 Å². The van der Waals surface area contributed by atoms with Crippen molar-refractivity contribution in [2.75, 3.05) is 39.6 Å². The average molecular weight is 249 g/mol. The molecule has 1 rings (SSSR count). The van der Waals surface area contributed by atoms with Crippen molar-refractivity contribution < 1.29 is 4.79 Å². The predicted octanol–water partition coefficient (Wildman–Crippen LogP) is 1.27. The van der Waals surface area contributed by atoms with E-state index in [1.54, 1.807) is 19.0 Å². The zero-order valence-corrected chi connectivity index (χ0v) is 11.7. The molecule has 0 aromatic heterocycles. The molecular formula is C14H23N3O. The molecule has 0 heterocycles. The van der Waals surface area contributed by atoms with Gasteiger partial charge >= 0.3 is 0 Å². The number of rotatable bonds is 5. The monoisotopic (exact) mass is 249 g/mol. The first-order chi connectivity index (χ1) is 8.45. The van der Waals surface area contributed by atoms with Crippen LogP contribution in [-0.4, -0.2) is 45.5 Å². The Morgan fingerprint density at radius 1 is 1.17 bits per heavy atom. The van der Waals surface area contributed by atoms with E-state index < -0.39 is 0 Å². The summed E-state index contributed by atoms with van der Waals surface area (Å²) in [6.45, 7) is 0.487. The molecule has 0 fully saturated rings. The van der Waals surface area contributed by atoms with Gasteiger partial charge in [-0.25, -0.2) is 0 Å². The van der Waals surface area contributed by atoms with Gasteiger partial charge in [-0.15, -0.1) is 0 Å². The van der Waals surface area contributed by atoms with Gasteiger partial charge in [0.15, 0.2) is 0 Å². The molecule has 0 bridgehead atoms. The van der Waals surface area contributed by atoms with Crippen molar-refractivity contribution in [3.8, 4) is 0 Å². The summed E-state index contributed by atoms with van der Waals surface area (Å²) in [7, 11) is 7.55. The highest BCUT2D eigenvalue weighted by atomic mass is 16.2. The van der Waals surface area contributed by atoms with Gasteiger partial charge < -0.3 is 15.5 Å². The molecule has 1 unspecified atom stereocenters. The Kier molecular flexibility index (Phi) is 5.16. The molecule has 18 heavy (non-hydrogen) atoms. The van der Waals surface area contributed by atoms with Crippen LogP contribution >= 0.6 is 0 Å². The van der Waals surface area contributed by atoms with Gasteiger partial charge in [0.1, 0.15) is 0 Å². The molecule has 0 saturated carbocycles. The number of hydrogen-bond acceptors (Lipinski definition) is 3. The van der Waals surface area contributed by atoms with E-state index in [0.29, 0.717) is 13.0 Å². The molecule has 1 atom stereocenters. The highest BCUT2D eigenvalue weighted by molar-refractivity contribution is 5.76. The van der Waals surface area contributed by atoms with Gasteiger partial charge in [0, 0.05) is 46.2 Å². The Morgan fingerprint density at radius 3 is 2.11 bits per heavy atom. The minimum absolute atomic E-state index is 0.0936. The minimum Gasteiger partial charge on any atom is -0.378 e. The van der Waals surface area contributed by atoms with Gasteiger partial charge in [-0.1, -0.05) is 12.1 Å². The van der Waals surface area contributed by atoms with Gasteiger partial charge in [-0.05, 0) is 24.2 Å². The normalized spacial score (nSPS) is 12.1. The molecule has 0 spiro atoms. The van der Waals surface area contributed by atoms with E-state index in [4.69, 9.17) is 5.73 Å². The van der Waals surface area contributed by atoms with Crippen molar-refractivity contribution in [3.05, 3.63) is 29.8 Å². The third-order valence-electron chi connectivity index (χ3n) is 3.09. The fourth-order valence-corrected chi connectivity index (χ4v) is 1.78. The lowest BCUT2D eigenvalue weighted by atomic mass is 9.95. The fourth-order valence-electron chi connectivity index (χ4n) is 1.78. The third kappa shape index (κ3) is 3.74. The zero-order chi connectivity index (χ0) is 13.7. The second kappa shape index (κ2) is 6.40. The lowest BCUT2D eigenvalue weighted by Gasteiger charge is -2.19. The van der Waals surface area contributed by atoms with Crippen LogP contribution in [0.3, 0.4) is 0 Å². The Morgan fingerprint density at radius 2 is 1.72 bits per heavy atom. The maximum absolute atomic E-state index is 11.7. The maximum Gasteiger partial charge on any atom is 0.222 e. The molecule has 2 N–H and O–H groups in total. The minimum atomic E-state index is 0.0936. The molecule has 100 valence electrons. The van der Waals surface area contributed by atoms with E-state index in [0.717, 1.165) is 11.3 Å². The van der Waals surface area contributed by atoms with Crippen molar-refractivity contribution >= 4 is 11.6 Å². The highest BCUT2D eigenvalue weighted by Crippen LogP contribution is 2.22. The molecule has 0 aliphatic heterocycles. The third-order valence-corrected chi connectivity index (χ3v) is 3.09. The number of carbonyl (C=O) groups excluding carboxylic acids is 1. The van der Waals surface area contributed by atoms with E-state index in [-0.39, 0.29) is 11.8 Å². The molecule has 4 nitrogen and oxygen atoms in total. The van der Waals surface area contributed by atoms with Crippen LogP contribution in [0.2, 0.25) is 0 Å². The summed E-state index contributed by atoms with van der Waals surface area (Å²) < 4.78 is 0. The largest absolute Gasteiger partial charge is 0.378 e. The summed E-state index contributed by atoms with van der Waals surface area (Å²) in [6.07, 6.45) is 0.463. The highest BCUT2D eigenvalue weighted by Gasteiger charge is 2.15. The molecule has 0 saturated heterocycles. The van der Waals surface area contributed by atoms with Crippen molar-refractivity contribution in [1.29, 1.82) is 0 Å². The summed E-state index contributed by atoms with van der Waals surface area (Å²) in [6, 6.07) is 8.21. The number of benzene rings is 1. The number of nitrogens with zero attached hydrogens (tertiary/aromatic N) is 2. The molecule has 0 aliphatic carbocycles. The van der Waals surface area contributed by atoms with Crippen LogP contribution in [0.5, 0.6) is 0 Å². The zero-order valence-electron chi connectivity index (χ0n) is 11.7. The predicted molar refractivity (Wildman–Crippen MR) is 75.9 cm³/mol. The maximum atomic E-state index is 11.7. The fraction of sp³-hybridized carbons (Fsp3) is 0.500. The van der Waals surface area contributed by atoms with Gasteiger partial charge in [0.25, 0.3) is 0 Å². The van der Waals surface area contributed by atoms with Gasteiger partial charge in [-0.3, -0.25) is 4.79 Å². The first-order valence-electron chi connectivity index (χ1n) is 6.13. The molecule has 0 aliphatic rings. The van der Waals surface area contributed by atoms with Gasteiger partial charge in [-0.2, -0.15) is 0 Å². The molecule has 4 heteroatoms. The van der Waals surface area contributed by atoms with E-state index in [1.807, 2.05) is 19.0 Å². The van der Waals surface area contributed by atoms with Gasteiger partial charge in [0.05, 0.1) is 0 Å². The Balaban J connectivity index is 2.79. The van der Waals surface area contributed by atoms with E-state index in [9.17, 15) is 4.79 Å². The number of nitrogens with two attached hydrogens (primary N) is 1. The lowest BCUT2D eigenvalue weighted by Crippen LogP contribution is -2.26. The second-order valence-electron chi connectivity index (χ2n) is 4.91. The Bertz CT molecular complexity index is 385. The first-order valence-corrected chi connectivity index (χ1v) is 6.13. The summed E-state index contributed by atoms with van der Waals surface area (Å²) >= 11 is 0. The quantitative estimate of drug-likeness (QED) is 0.855. The topological polar surface area (TPSA) is 49.6 Å². The van der Waals surface area contributed by atoms with Crippen molar-refractivity contribution in [3.63, 3.8) is 0 Å². The molecule has 1 amide bonds. The first kappa shape index (κ1) is 14.5. The van der Waals surface area contributed by atoms with Crippen LogP contribution in [-0.2, 0) is 4.79 Å². The van der Waals surface area contributed by atoms with Gasteiger partial charge in [0.2, 0.25) is 5.91 Å². The van der Waals surface area contributed by atoms with E-state index in [1.165, 1.54) is 0 Å². The average Bonchev–Trinajstić information content (AvgIpc) is 2.35. The Hall–Kier alpha value is -1.55. The van der Waals surface area contributed by atoms with Crippen molar-refractivity contribution in [1.82, 2.24) is 4.90 Å². The molecule has 1 aromatic carbocycles. The number of anilines is 1. The summed E-state index contributed by atoms with van der Waals surface area (Å²) in [5.41, 5.74) is 8.04. The number of amides is 1. The van der Waals surface area contributed by atoms with Crippen molar-refractivity contribution in [2.24, 2.45) is 5.73 Å². The van der Waals surface area contributed by atoms with Crippen LogP contribution in [0.25, 0.3) is 0 Å². The summed E-state index contributed by atoms with van der Waals surface area (Å²) in [4.78, 5) is 15.4. The number of carbonyl (C=O) groups is 1. The van der Waals surface area contributed by atoms with Crippen LogP contribution in [0.15, 0.2) is 24.3 Å². The smallest absolute Gasteiger partial charge is 0.222 e. The second-order valence-corrected chi connectivity index (χ2v) is 4.91. The molecule has 1 aromatic rings. The lowest BCUT2D eigenvalue weighted by molar-refractivity contribution is -0.129. The van der Waals surface area contributed by atoms with E-state index >= 15 is 0 Å². The van der Waals surface area contributed by atoms with Crippen LogP contribution in [0.4, 0.5) is 5.69 Å². The number of hydrogen-bond donors (Lipinski definition) is 1. The van der Waals surface area contributed by atoms with E-state index in [2.05, 4.69) is 24.3 Å². The molecule has 0 radical (unpaired) electrons.